The summed E-state index contributed by atoms with van der Waals surface area (Å²) in [5.41, 5.74) is 9.10. The molecule has 2 aliphatic rings. The fraction of sp³-hybridized carbons (Fsp3) is 0.565. The number of pyridine rings is 1. The minimum Gasteiger partial charge on any atom is -0.496 e. The molecule has 1 fully saturated rings. The Bertz CT molecular complexity index is 1020. The number of nitrogens with two attached hydrogens (primary N) is 1. The van der Waals surface area contributed by atoms with Crippen molar-refractivity contribution >= 4 is 29.2 Å². The Morgan fingerprint density at radius 3 is 2.66 bits per heavy atom. The van der Waals surface area contributed by atoms with E-state index in [-0.39, 0.29) is 22.8 Å². The number of methoxy groups -OCH3 is 1. The van der Waals surface area contributed by atoms with Crippen LogP contribution in [0.4, 0.5) is 11.8 Å². The molecule has 0 radical (unpaired) electrons. The van der Waals surface area contributed by atoms with Crippen molar-refractivity contribution in [2.45, 2.75) is 39.7 Å². The van der Waals surface area contributed by atoms with Gasteiger partial charge in [-0.25, -0.2) is 4.98 Å². The lowest BCUT2D eigenvalue weighted by Crippen LogP contribution is -2.42. The molecule has 32 heavy (non-hydrogen) atoms. The molecule has 2 aliphatic heterocycles. The number of anilines is 2. The zero-order valence-electron chi connectivity index (χ0n) is 19.2. The predicted octanol–water partition coefficient (Wildman–Crippen LogP) is 3.28. The first kappa shape index (κ1) is 22.7. The second-order valence-electron chi connectivity index (χ2n) is 9.04. The first-order valence-electron chi connectivity index (χ1n) is 11.1. The third-order valence-corrected chi connectivity index (χ3v) is 7.04. The number of rotatable bonds is 5. The van der Waals surface area contributed by atoms with Crippen LogP contribution in [0.25, 0.3) is 0 Å². The number of hydrogen-bond donors (Lipinski definition) is 1. The number of nitrogen functional groups attached to an aromatic ring is 1. The molecule has 1 unspecified atom stereocenters. The summed E-state index contributed by atoms with van der Waals surface area (Å²) in [6, 6.07) is 0. The van der Waals surface area contributed by atoms with Crippen LogP contribution in [-0.2, 0) is 6.54 Å². The number of nitrogens with zero attached hydrogens (tertiary/aromatic N) is 5. The van der Waals surface area contributed by atoms with Crippen LogP contribution >= 0.6 is 11.6 Å². The number of Topliss-reactive ketones (excluding diaryl/α,β-unsaturated/α-hetero) is 1. The van der Waals surface area contributed by atoms with Gasteiger partial charge in [0.05, 0.1) is 24.9 Å². The Morgan fingerprint density at radius 2 is 1.97 bits per heavy atom. The molecule has 1 saturated heterocycles. The van der Waals surface area contributed by atoms with Gasteiger partial charge in [-0.15, -0.1) is 0 Å². The summed E-state index contributed by atoms with van der Waals surface area (Å²) < 4.78 is 5.58. The zero-order chi connectivity index (χ0) is 23.0. The topological polar surface area (TPSA) is 97.5 Å². The van der Waals surface area contributed by atoms with Crippen molar-refractivity contribution in [3.63, 3.8) is 0 Å². The number of likely N-dealkylation sites (tertiary alicyclic amines) is 1. The molecular weight excluding hydrogens is 428 g/mol. The van der Waals surface area contributed by atoms with Gasteiger partial charge in [0.1, 0.15) is 16.7 Å². The third kappa shape index (κ3) is 4.38. The van der Waals surface area contributed by atoms with Crippen LogP contribution in [0.15, 0.2) is 6.20 Å². The van der Waals surface area contributed by atoms with E-state index < -0.39 is 0 Å². The highest BCUT2D eigenvalue weighted by atomic mass is 35.5. The minimum atomic E-state index is -0.159. The van der Waals surface area contributed by atoms with Gasteiger partial charge in [-0.2, -0.15) is 4.98 Å². The van der Waals surface area contributed by atoms with Crippen molar-refractivity contribution < 1.29 is 9.53 Å². The van der Waals surface area contributed by atoms with Gasteiger partial charge in [0, 0.05) is 29.8 Å². The van der Waals surface area contributed by atoms with Gasteiger partial charge >= 0.3 is 0 Å². The molecule has 0 saturated carbocycles. The van der Waals surface area contributed by atoms with Gasteiger partial charge in [0.15, 0.2) is 5.78 Å². The molecule has 1 atom stereocenters. The number of hydrogen-bond acceptors (Lipinski definition) is 8. The summed E-state index contributed by atoms with van der Waals surface area (Å²) in [6.45, 7) is 7.16. The molecule has 2 N–H and O–H groups in total. The molecular formula is C23H31ClN6O2. The van der Waals surface area contributed by atoms with Gasteiger partial charge in [-0.1, -0.05) is 11.6 Å². The Morgan fingerprint density at radius 1 is 1.25 bits per heavy atom. The lowest BCUT2D eigenvalue weighted by molar-refractivity contribution is 0.0877. The van der Waals surface area contributed by atoms with E-state index in [1.807, 2.05) is 20.0 Å². The van der Waals surface area contributed by atoms with Crippen molar-refractivity contribution in [2.75, 3.05) is 44.4 Å². The van der Waals surface area contributed by atoms with E-state index in [2.05, 4.69) is 31.8 Å². The van der Waals surface area contributed by atoms with Crippen LogP contribution in [-0.4, -0.2) is 59.4 Å². The number of carbonyl (C=O) groups excluding carboxylic acids is 1. The molecule has 0 bridgehead atoms. The highest BCUT2D eigenvalue weighted by molar-refractivity contribution is 6.34. The van der Waals surface area contributed by atoms with E-state index in [0.29, 0.717) is 30.4 Å². The Labute approximate surface area is 194 Å². The molecule has 4 rings (SSSR count). The highest BCUT2D eigenvalue weighted by Gasteiger charge is 2.37. The maximum Gasteiger partial charge on any atom is 0.223 e. The van der Waals surface area contributed by atoms with Crippen LogP contribution < -0.4 is 15.4 Å². The van der Waals surface area contributed by atoms with E-state index in [9.17, 15) is 4.79 Å². The lowest BCUT2D eigenvalue weighted by Gasteiger charge is -2.37. The molecule has 2 aromatic heterocycles. The number of piperidine rings is 1. The average molecular weight is 459 g/mol. The van der Waals surface area contributed by atoms with Gasteiger partial charge in [0.2, 0.25) is 5.95 Å². The molecule has 0 amide bonds. The first-order valence-corrected chi connectivity index (χ1v) is 11.5. The smallest absolute Gasteiger partial charge is 0.223 e. The average Bonchev–Trinajstić information content (AvgIpc) is 2.74. The molecule has 0 aliphatic carbocycles. The molecule has 172 valence electrons. The van der Waals surface area contributed by atoms with Crippen LogP contribution in [0.5, 0.6) is 5.75 Å². The summed E-state index contributed by atoms with van der Waals surface area (Å²) >= 11 is 6.42. The Balaban J connectivity index is 1.67. The van der Waals surface area contributed by atoms with Gasteiger partial charge in [-0.05, 0) is 59.2 Å². The standard InChI is InChI=1S/C23H31ClN6O2/c1-13-10-26-17(14(2)20(13)32-4)12-30-11-16(9-15-5-7-29(3)8-6-15)19(31)18-21(24)27-23(25)28-22(18)30/h10,15-16H,5-9,11-12H2,1-4H3,(H2,25,27,28). The SMILES string of the molecule is COc1c(C)cnc(CN2CC(CC3CCN(C)CC3)C(=O)c3c(Cl)nc(N)nc32)c1C. The number of aromatic nitrogens is 3. The largest absolute Gasteiger partial charge is 0.496 e. The number of halogens is 1. The fourth-order valence-electron chi connectivity index (χ4n) is 4.95. The van der Waals surface area contributed by atoms with Crippen molar-refractivity contribution in [2.24, 2.45) is 11.8 Å². The highest BCUT2D eigenvalue weighted by Crippen LogP contribution is 2.38. The predicted molar refractivity (Wildman–Crippen MR) is 125 cm³/mol. The molecule has 4 heterocycles. The molecule has 2 aromatic rings. The van der Waals surface area contributed by atoms with Crippen molar-refractivity contribution in [1.29, 1.82) is 0 Å². The summed E-state index contributed by atoms with van der Waals surface area (Å²) in [7, 11) is 3.81. The summed E-state index contributed by atoms with van der Waals surface area (Å²) in [5, 5.41) is 0.127. The van der Waals surface area contributed by atoms with Gasteiger partial charge in [0.25, 0.3) is 0 Å². The first-order chi connectivity index (χ1) is 15.3. The molecule has 9 heteroatoms. The van der Waals surface area contributed by atoms with Crippen LogP contribution in [0.1, 0.15) is 46.4 Å². The normalized spacial score (nSPS) is 19.8. The Hall–Kier alpha value is -2.45. The third-order valence-electron chi connectivity index (χ3n) is 6.77. The van der Waals surface area contributed by atoms with Crippen LogP contribution in [0.3, 0.4) is 0 Å². The van der Waals surface area contributed by atoms with E-state index in [1.165, 1.54) is 0 Å². The van der Waals surface area contributed by atoms with Crippen LogP contribution in [0.2, 0.25) is 5.15 Å². The quantitative estimate of drug-likeness (QED) is 0.681. The number of fused-ring (bicyclic) bond motifs is 1. The monoisotopic (exact) mass is 458 g/mol. The van der Waals surface area contributed by atoms with Gasteiger partial charge < -0.3 is 20.3 Å². The van der Waals surface area contributed by atoms with E-state index in [1.54, 1.807) is 7.11 Å². The number of aryl methyl sites for hydroxylation is 1. The number of ketones is 1. The van der Waals surface area contributed by atoms with Crippen LogP contribution in [0, 0.1) is 25.7 Å². The second kappa shape index (κ2) is 9.19. The molecule has 0 aromatic carbocycles. The lowest BCUT2D eigenvalue weighted by atomic mass is 9.82. The summed E-state index contributed by atoms with van der Waals surface area (Å²) in [6.07, 6.45) is 4.87. The summed E-state index contributed by atoms with van der Waals surface area (Å²) in [5.74, 6) is 1.77. The maximum atomic E-state index is 13.4. The fourth-order valence-corrected chi connectivity index (χ4v) is 5.22. The van der Waals surface area contributed by atoms with E-state index in [4.69, 9.17) is 22.1 Å². The maximum absolute atomic E-state index is 13.4. The second-order valence-corrected chi connectivity index (χ2v) is 9.40. The van der Waals surface area contributed by atoms with E-state index >= 15 is 0 Å². The molecule has 0 spiro atoms. The van der Waals surface area contributed by atoms with E-state index in [0.717, 1.165) is 54.9 Å². The van der Waals surface area contributed by atoms with Gasteiger partial charge in [-0.3, -0.25) is 9.78 Å². The molecule has 8 nitrogen and oxygen atoms in total. The van der Waals surface area contributed by atoms with Crippen molar-refractivity contribution in [1.82, 2.24) is 19.9 Å². The number of ether oxygens (including phenoxy) is 1. The zero-order valence-corrected chi connectivity index (χ0v) is 19.9. The Kier molecular flexibility index (Phi) is 6.53. The number of carbonyl (C=O) groups is 1. The van der Waals surface area contributed by atoms with Crippen molar-refractivity contribution in [3.05, 3.63) is 33.7 Å². The van der Waals surface area contributed by atoms with Crippen molar-refractivity contribution in [3.8, 4) is 5.75 Å². The minimum absolute atomic E-state index is 0.0198. The summed E-state index contributed by atoms with van der Waals surface area (Å²) in [4.78, 5) is 31.0.